The number of H-pyrrole nitrogens is 2. The average Bonchev–Trinajstić information content (AvgIpc) is 3.29. The molecule has 0 spiro atoms. The van der Waals surface area contributed by atoms with Crippen molar-refractivity contribution in [2.75, 3.05) is 19.6 Å². The fraction of sp³-hybridized carbons (Fsp3) is 0.444. The van der Waals surface area contributed by atoms with Gasteiger partial charge in [-0.2, -0.15) is 9.61 Å². The van der Waals surface area contributed by atoms with Crippen molar-refractivity contribution < 1.29 is 9.90 Å². The Bertz CT molecular complexity index is 1640. The molecule has 1 amide bonds. The van der Waals surface area contributed by atoms with Gasteiger partial charge < -0.3 is 20.3 Å². The first-order chi connectivity index (χ1) is 18.8. The molecule has 12 heteroatoms. The minimum absolute atomic E-state index is 0.0817. The number of carbonyl (C=O) groups excluding carboxylic acids is 1. The predicted molar refractivity (Wildman–Crippen MR) is 151 cm³/mol. The van der Waals surface area contributed by atoms with Gasteiger partial charge in [0.1, 0.15) is 5.69 Å². The molecule has 4 N–H and O–H groups in total. The Morgan fingerprint density at radius 2 is 2.13 bits per heavy atom. The summed E-state index contributed by atoms with van der Waals surface area (Å²) < 4.78 is 1.66. The number of carbonyl (C=O) groups is 1. The van der Waals surface area contributed by atoms with Crippen molar-refractivity contribution >= 4 is 29.0 Å². The summed E-state index contributed by atoms with van der Waals surface area (Å²) in [7, 11) is 0. The van der Waals surface area contributed by atoms with Crippen molar-refractivity contribution in [2.45, 2.75) is 58.5 Å². The molecule has 0 bridgehead atoms. The highest BCUT2D eigenvalue weighted by Gasteiger charge is 2.21. The standard InChI is InChI=1S/C27H34N8O3S/c1-4-34(5-2)12-6-7-16(3)29-26(37)22-11-10-21(39-22)19-14-23(30-18-8-9-18)35-24(31-19)17(15-28-35)13-20-25(36)33-27(38)32-20/h10-11,13-16,18,36H,4-9,12H2,1-3H3,(H,29,37)(H2,32,33,38). The summed E-state index contributed by atoms with van der Waals surface area (Å²) in [5.74, 6) is -0.342. The zero-order valence-corrected chi connectivity index (χ0v) is 23.2. The first kappa shape index (κ1) is 26.8. The van der Waals surface area contributed by atoms with Gasteiger partial charge >= 0.3 is 5.69 Å². The van der Waals surface area contributed by atoms with Crippen LogP contribution < -0.4 is 21.7 Å². The van der Waals surface area contributed by atoms with E-state index in [0.717, 1.165) is 50.2 Å². The number of aromatic amines is 2. The number of hydrogen-bond acceptors (Lipinski definition) is 8. The van der Waals surface area contributed by atoms with Gasteiger partial charge in [0.05, 0.1) is 27.7 Å². The van der Waals surface area contributed by atoms with Crippen LogP contribution in [0.4, 0.5) is 0 Å². The van der Waals surface area contributed by atoms with E-state index in [2.05, 4.69) is 39.1 Å². The van der Waals surface area contributed by atoms with Gasteiger partial charge in [-0.05, 0) is 70.5 Å². The maximum absolute atomic E-state index is 13.0. The maximum atomic E-state index is 13.0. The second-order valence-electron chi connectivity index (χ2n) is 9.89. The number of thiophene rings is 1. The van der Waals surface area contributed by atoms with Gasteiger partial charge in [0, 0.05) is 17.3 Å². The summed E-state index contributed by atoms with van der Waals surface area (Å²) in [5, 5.41) is 18.2. The molecule has 0 saturated heterocycles. The smallest absolute Gasteiger partial charge is 0.326 e. The third-order valence-corrected chi connectivity index (χ3v) is 7.95. The molecule has 1 unspecified atom stereocenters. The van der Waals surface area contributed by atoms with E-state index in [1.54, 1.807) is 16.8 Å². The number of aromatic hydroxyl groups is 1. The maximum Gasteiger partial charge on any atom is 0.326 e. The molecule has 11 nitrogen and oxygen atoms in total. The molecule has 1 saturated carbocycles. The molecule has 0 aliphatic heterocycles. The van der Waals surface area contributed by atoms with Crippen molar-refractivity contribution in [2.24, 2.45) is 4.99 Å². The molecule has 206 valence electrons. The van der Waals surface area contributed by atoms with E-state index in [4.69, 9.17) is 9.98 Å². The van der Waals surface area contributed by atoms with Crippen molar-refractivity contribution in [3.05, 3.63) is 56.2 Å². The Morgan fingerprint density at radius 1 is 1.33 bits per heavy atom. The van der Waals surface area contributed by atoms with Crippen LogP contribution in [-0.4, -0.2) is 72.2 Å². The lowest BCUT2D eigenvalue weighted by Crippen LogP contribution is -2.33. The Balaban J connectivity index is 1.40. The molecule has 1 fully saturated rings. The Morgan fingerprint density at radius 3 is 2.82 bits per heavy atom. The molecule has 1 aliphatic carbocycles. The lowest BCUT2D eigenvalue weighted by molar-refractivity contribution is 0.0941. The van der Waals surface area contributed by atoms with Gasteiger partial charge in [-0.3, -0.25) is 14.8 Å². The molecule has 4 aromatic heterocycles. The van der Waals surface area contributed by atoms with Gasteiger partial charge in [0.25, 0.3) is 5.91 Å². The van der Waals surface area contributed by atoms with E-state index >= 15 is 0 Å². The van der Waals surface area contributed by atoms with E-state index in [9.17, 15) is 14.7 Å². The van der Waals surface area contributed by atoms with E-state index in [0.29, 0.717) is 26.9 Å². The van der Waals surface area contributed by atoms with Gasteiger partial charge in [-0.1, -0.05) is 13.8 Å². The lowest BCUT2D eigenvalue weighted by atomic mass is 10.1. The first-order valence-corrected chi connectivity index (χ1v) is 14.2. The number of fused-ring (bicyclic) bond motifs is 1. The van der Waals surface area contributed by atoms with E-state index in [-0.39, 0.29) is 29.6 Å². The fourth-order valence-electron chi connectivity index (χ4n) is 4.45. The van der Waals surface area contributed by atoms with Gasteiger partial charge in [0.2, 0.25) is 5.88 Å². The highest BCUT2D eigenvalue weighted by molar-refractivity contribution is 7.17. The lowest BCUT2D eigenvalue weighted by Gasteiger charge is -2.19. The topological polar surface area (TPSA) is 144 Å². The molecule has 0 radical (unpaired) electrons. The average molecular weight is 551 g/mol. The molecule has 39 heavy (non-hydrogen) atoms. The number of aromatic nitrogens is 5. The number of imidazole rings is 1. The molecule has 1 aliphatic rings. The summed E-state index contributed by atoms with van der Waals surface area (Å²) in [6.07, 6.45) is 7.27. The third-order valence-electron chi connectivity index (χ3n) is 6.84. The SMILES string of the molecule is CCN(CC)CCCC(C)NC(=O)c1ccc(-c2cc(=NC3CC3)n3ncc(=Cc4[nH]c(=O)[nH]c4O)c3n2)s1. The van der Waals surface area contributed by atoms with Crippen LogP contribution in [0, 0.1) is 0 Å². The number of rotatable bonds is 11. The molecule has 4 aromatic rings. The predicted octanol–water partition coefficient (Wildman–Crippen LogP) is 2.03. The highest BCUT2D eigenvalue weighted by Crippen LogP contribution is 2.27. The van der Waals surface area contributed by atoms with Crippen LogP contribution >= 0.6 is 11.3 Å². The Hall–Kier alpha value is -3.77. The largest absolute Gasteiger partial charge is 0.493 e. The van der Waals surface area contributed by atoms with Gasteiger partial charge in [-0.25, -0.2) is 9.78 Å². The van der Waals surface area contributed by atoms with E-state index in [1.807, 2.05) is 25.1 Å². The number of nitrogens with one attached hydrogen (secondary N) is 3. The third kappa shape index (κ3) is 6.28. The second-order valence-corrected chi connectivity index (χ2v) is 11.0. The van der Waals surface area contributed by atoms with Crippen LogP contribution in [0.15, 0.2) is 34.2 Å². The van der Waals surface area contributed by atoms with Crippen LogP contribution in [-0.2, 0) is 0 Å². The molecule has 0 aromatic carbocycles. The minimum Gasteiger partial charge on any atom is -0.493 e. The zero-order valence-electron chi connectivity index (χ0n) is 22.4. The van der Waals surface area contributed by atoms with E-state index in [1.165, 1.54) is 11.3 Å². The quantitative estimate of drug-likeness (QED) is 0.225. The van der Waals surface area contributed by atoms with Crippen LogP contribution in [0.25, 0.3) is 22.3 Å². The van der Waals surface area contributed by atoms with Crippen molar-refractivity contribution in [3.63, 3.8) is 0 Å². The summed E-state index contributed by atoms with van der Waals surface area (Å²) >= 11 is 1.39. The summed E-state index contributed by atoms with van der Waals surface area (Å²) in [6, 6.07) is 5.96. The Labute approximate surface area is 229 Å². The van der Waals surface area contributed by atoms with Crippen molar-refractivity contribution in [1.82, 2.24) is 34.8 Å². The summed E-state index contributed by atoms with van der Waals surface area (Å²) in [6.45, 7) is 9.49. The summed E-state index contributed by atoms with van der Waals surface area (Å²) in [5.41, 5.74) is 1.62. The van der Waals surface area contributed by atoms with Crippen molar-refractivity contribution in [1.29, 1.82) is 0 Å². The molecular formula is C27H34N8O3S. The first-order valence-electron chi connectivity index (χ1n) is 13.4. The highest BCUT2D eigenvalue weighted by atomic mass is 32.1. The summed E-state index contributed by atoms with van der Waals surface area (Å²) in [4.78, 5) is 42.9. The number of hydrogen-bond donors (Lipinski definition) is 4. The minimum atomic E-state index is -0.504. The molecular weight excluding hydrogens is 516 g/mol. The molecule has 5 rings (SSSR count). The second kappa shape index (κ2) is 11.5. The van der Waals surface area contributed by atoms with Crippen molar-refractivity contribution in [3.8, 4) is 16.5 Å². The Kier molecular flexibility index (Phi) is 7.94. The number of nitrogens with zero attached hydrogens (tertiary/aromatic N) is 5. The van der Waals surface area contributed by atoms with E-state index < -0.39 is 5.69 Å². The van der Waals surface area contributed by atoms with Crippen LogP contribution in [0.3, 0.4) is 0 Å². The van der Waals surface area contributed by atoms with Crippen LogP contribution in [0.5, 0.6) is 5.88 Å². The number of amides is 1. The fourth-order valence-corrected chi connectivity index (χ4v) is 5.32. The van der Waals surface area contributed by atoms with Gasteiger partial charge in [0.15, 0.2) is 11.1 Å². The van der Waals surface area contributed by atoms with Crippen LogP contribution in [0.1, 0.15) is 61.8 Å². The van der Waals surface area contributed by atoms with Gasteiger partial charge in [-0.15, -0.1) is 11.3 Å². The normalized spacial score (nSPS) is 15.5. The molecule has 1 atom stereocenters. The molecule has 4 heterocycles. The van der Waals surface area contributed by atoms with Crippen LogP contribution in [0.2, 0.25) is 0 Å². The monoisotopic (exact) mass is 550 g/mol. The zero-order chi connectivity index (χ0) is 27.5.